The number of halogens is 1. The fourth-order valence-electron chi connectivity index (χ4n) is 2.84. The molecule has 1 aliphatic heterocycles. The van der Waals surface area contributed by atoms with Gasteiger partial charge in [-0.25, -0.2) is 0 Å². The highest BCUT2D eigenvalue weighted by Crippen LogP contribution is 2.34. The van der Waals surface area contributed by atoms with Crippen LogP contribution in [0.3, 0.4) is 0 Å². The van der Waals surface area contributed by atoms with Crippen LogP contribution in [0, 0.1) is 0 Å². The fourth-order valence-corrected chi connectivity index (χ4v) is 3.36. The van der Waals surface area contributed by atoms with Crippen molar-refractivity contribution in [3.05, 3.63) is 33.9 Å². The second kappa shape index (κ2) is 5.87. The first-order valence-electron chi connectivity index (χ1n) is 7.44. The molecule has 0 spiro atoms. The Morgan fingerprint density at radius 1 is 1.50 bits per heavy atom. The number of hydrogen-bond acceptors (Lipinski definition) is 4. The number of carbonyl (C=O) groups excluding carboxylic acids is 1. The summed E-state index contributed by atoms with van der Waals surface area (Å²) >= 11 is 3.40. The van der Waals surface area contributed by atoms with Gasteiger partial charge in [-0.2, -0.15) is 5.10 Å². The van der Waals surface area contributed by atoms with Crippen molar-refractivity contribution in [1.29, 1.82) is 0 Å². The van der Waals surface area contributed by atoms with E-state index in [0.717, 1.165) is 30.8 Å². The maximum absolute atomic E-state index is 12.9. The van der Waals surface area contributed by atoms with Crippen molar-refractivity contribution in [2.45, 2.75) is 38.6 Å². The van der Waals surface area contributed by atoms with Crippen LogP contribution >= 0.6 is 15.9 Å². The molecule has 1 fully saturated rings. The molecule has 0 saturated carbocycles. The number of aryl methyl sites for hydroxylation is 1. The Kier molecular flexibility index (Phi) is 4.08. The normalized spacial score (nSPS) is 18.4. The van der Waals surface area contributed by atoms with E-state index in [4.69, 9.17) is 4.52 Å². The van der Waals surface area contributed by atoms with E-state index in [2.05, 4.69) is 40.0 Å². The largest absolute Gasteiger partial charge is 0.361 e. The van der Waals surface area contributed by atoms with E-state index in [1.807, 2.05) is 11.0 Å². The molecule has 118 valence electrons. The van der Waals surface area contributed by atoms with Gasteiger partial charge in [0.25, 0.3) is 5.91 Å². The molecule has 0 aliphatic carbocycles. The SMILES string of the molecule is CC(C)c1cc([C@@H]2CCCN2C(=O)c2c(Br)cnn2C)no1. The maximum Gasteiger partial charge on any atom is 0.273 e. The lowest BCUT2D eigenvalue weighted by atomic mass is 10.1. The molecule has 0 unspecified atom stereocenters. The van der Waals surface area contributed by atoms with Gasteiger partial charge in [0.05, 0.1) is 16.7 Å². The summed E-state index contributed by atoms with van der Waals surface area (Å²) in [7, 11) is 1.77. The molecule has 1 amide bonds. The number of nitrogens with zero attached hydrogens (tertiary/aromatic N) is 4. The molecule has 0 bridgehead atoms. The molecule has 1 aliphatic rings. The third-order valence-corrected chi connectivity index (χ3v) is 4.65. The van der Waals surface area contributed by atoms with E-state index in [-0.39, 0.29) is 17.9 Å². The third kappa shape index (κ3) is 2.58. The van der Waals surface area contributed by atoms with Crippen LogP contribution in [-0.4, -0.2) is 32.3 Å². The van der Waals surface area contributed by atoms with Gasteiger partial charge in [0.2, 0.25) is 0 Å². The summed E-state index contributed by atoms with van der Waals surface area (Å²) in [6.45, 7) is 4.86. The van der Waals surface area contributed by atoms with E-state index < -0.39 is 0 Å². The first kappa shape index (κ1) is 15.3. The van der Waals surface area contributed by atoms with Crippen molar-refractivity contribution in [1.82, 2.24) is 19.8 Å². The van der Waals surface area contributed by atoms with Crippen molar-refractivity contribution in [2.75, 3.05) is 6.54 Å². The molecule has 2 aromatic heterocycles. The van der Waals surface area contributed by atoms with Crippen LogP contribution in [0.1, 0.15) is 60.6 Å². The summed E-state index contributed by atoms with van der Waals surface area (Å²) in [4.78, 5) is 14.7. The predicted molar refractivity (Wildman–Crippen MR) is 84.5 cm³/mol. The number of rotatable bonds is 3. The van der Waals surface area contributed by atoms with Crippen LogP contribution in [0.4, 0.5) is 0 Å². The van der Waals surface area contributed by atoms with E-state index in [9.17, 15) is 4.79 Å². The van der Waals surface area contributed by atoms with Crippen LogP contribution in [-0.2, 0) is 7.05 Å². The van der Waals surface area contributed by atoms with Crippen molar-refractivity contribution in [2.24, 2.45) is 7.05 Å². The lowest BCUT2D eigenvalue weighted by molar-refractivity contribution is 0.0718. The van der Waals surface area contributed by atoms with Crippen LogP contribution < -0.4 is 0 Å². The predicted octanol–water partition coefficient (Wildman–Crippen LogP) is 3.27. The molecule has 22 heavy (non-hydrogen) atoms. The summed E-state index contributed by atoms with van der Waals surface area (Å²) in [6, 6.07) is 1.95. The minimum absolute atomic E-state index is 0.0226. The quantitative estimate of drug-likeness (QED) is 0.835. The average molecular weight is 367 g/mol. The minimum atomic E-state index is -0.0246. The molecule has 3 heterocycles. The van der Waals surface area contributed by atoms with Gasteiger partial charge in [-0.15, -0.1) is 0 Å². The van der Waals surface area contributed by atoms with Gasteiger partial charge in [0.1, 0.15) is 17.1 Å². The average Bonchev–Trinajstić information content (AvgIpc) is 3.17. The number of aromatic nitrogens is 3. The molecule has 0 N–H and O–H groups in total. The van der Waals surface area contributed by atoms with Crippen LogP contribution in [0.15, 0.2) is 21.3 Å². The van der Waals surface area contributed by atoms with Gasteiger partial charge in [-0.1, -0.05) is 19.0 Å². The zero-order valence-electron chi connectivity index (χ0n) is 12.9. The summed E-state index contributed by atoms with van der Waals surface area (Å²) in [6.07, 6.45) is 3.52. The Morgan fingerprint density at radius 3 is 2.86 bits per heavy atom. The monoisotopic (exact) mass is 366 g/mol. The van der Waals surface area contributed by atoms with Crippen molar-refractivity contribution >= 4 is 21.8 Å². The molecule has 2 aromatic rings. The van der Waals surface area contributed by atoms with Gasteiger partial charge in [-0.05, 0) is 28.8 Å². The summed E-state index contributed by atoms with van der Waals surface area (Å²) < 4.78 is 7.71. The molecule has 0 aromatic carbocycles. The summed E-state index contributed by atoms with van der Waals surface area (Å²) in [5, 5.41) is 8.30. The number of hydrogen-bond donors (Lipinski definition) is 0. The van der Waals surface area contributed by atoms with Crippen LogP contribution in [0.25, 0.3) is 0 Å². The van der Waals surface area contributed by atoms with Crippen molar-refractivity contribution in [3.63, 3.8) is 0 Å². The fraction of sp³-hybridized carbons (Fsp3) is 0.533. The first-order valence-corrected chi connectivity index (χ1v) is 8.23. The second-order valence-electron chi connectivity index (χ2n) is 5.93. The standard InChI is InChI=1S/C15H19BrN4O2/c1-9(2)13-7-11(18-22-13)12-5-4-6-20(12)15(21)14-10(16)8-17-19(14)3/h7-9,12H,4-6H2,1-3H3/t12-/m0/s1. The maximum atomic E-state index is 12.9. The number of amides is 1. The van der Waals surface area contributed by atoms with E-state index in [1.165, 1.54) is 0 Å². The number of likely N-dealkylation sites (tertiary alicyclic amines) is 1. The highest BCUT2D eigenvalue weighted by molar-refractivity contribution is 9.10. The molecule has 3 rings (SSSR count). The molecule has 0 radical (unpaired) electrons. The van der Waals surface area contributed by atoms with Gasteiger partial charge in [0.15, 0.2) is 0 Å². The molecular weight excluding hydrogens is 348 g/mol. The topological polar surface area (TPSA) is 64.2 Å². The van der Waals surface area contributed by atoms with E-state index in [1.54, 1.807) is 17.9 Å². The third-order valence-electron chi connectivity index (χ3n) is 4.07. The highest BCUT2D eigenvalue weighted by atomic mass is 79.9. The summed E-state index contributed by atoms with van der Waals surface area (Å²) in [5.74, 6) is 1.12. The molecule has 6 nitrogen and oxygen atoms in total. The highest BCUT2D eigenvalue weighted by Gasteiger charge is 2.34. The zero-order valence-corrected chi connectivity index (χ0v) is 14.5. The first-order chi connectivity index (χ1) is 10.5. The Balaban J connectivity index is 1.88. The summed E-state index contributed by atoms with van der Waals surface area (Å²) in [5.41, 5.74) is 1.41. The Morgan fingerprint density at radius 2 is 2.27 bits per heavy atom. The van der Waals surface area contributed by atoms with Gasteiger partial charge >= 0.3 is 0 Å². The van der Waals surface area contributed by atoms with Gasteiger partial charge in [0, 0.05) is 25.6 Å². The van der Waals surface area contributed by atoms with Crippen LogP contribution in [0.2, 0.25) is 0 Å². The van der Waals surface area contributed by atoms with Gasteiger partial charge in [-0.3, -0.25) is 9.48 Å². The second-order valence-corrected chi connectivity index (χ2v) is 6.78. The number of carbonyl (C=O) groups is 1. The minimum Gasteiger partial charge on any atom is -0.361 e. The molecule has 1 saturated heterocycles. The Labute approximate surface area is 137 Å². The van der Waals surface area contributed by atoms with E-state index in [0.29, 0.717) is 10.2 Å². The van der Waals surface area contributed by atoms with Crippen LogP contribution in [0.5, 0.6) is 0 Å². The lowest BCUT2D eigenvalue weighted by Crippen LogP contribution is -2.32. The smallest absolute Gasteiger partial charge is 0.273 e. The van der Waals surface area contributed by atoms with Crippen molar-refractivity contribution < 1.29 is 9.32 Å². The molecule has 7 heteroatoms. The lowest BCUT2D eigenvalue weighted by Gasteiger charge is -2.23. The van der Waals surface area contributed by atoms with E-state index >= 15 is 0 Å². The molecule has 1 atom stereocenters. The van der Waals surface area contributed by atoms with Crippen molar-refractivity contribution in [3.8, 4) is 0 Å². The Bertz CT molecular complexity index is 672. The Hall–Kier alpha value is -1.63. The van der Waals surface area contributed by atoms with Gasteiger partial charge < -0.3 is 9.42 Å². The molecular formula is C15H19BrN4O2. The zero-order chi connectivity index (χ0) is 15.9.